The van der Waals surface area contributed by atoms with Crippen molar-refractivity contribution in [1.29, 1.82) is 0 Å². The first kappa shape index (κ1) is 23.7. The summed E-state index contributed by atoms with van der Waals surface area (Å²) in [6.07, 6.45) is 3.63. The van der Waals surface area contributed by atoms with Crippen LogP contribution in [0, 0.1) is 11.3 Å². The van der Waals surface area contributed by atoms with Gasteiger partial charge >= 0.3 is 12.1 Å². The lowest BCUT2D eigenvalue weighted by atomic mass is 9.98. The Bertz CT molecular complexity index is 1110. The van der Waals surface area contributed by atoms with Crippen LogP contribution in [0.4, 0.5) is 4.79 Å². The molecule has 0 aliphatic heterocycles. The second-order valence-electron chi connectivity index (χ2n) is 9.81. The highest BCUT2D eigenvalue weighted by Gasteiger charge is 2.65. The number of carbonyl (C=O) groups is 3. The first-order valence-electron chi connectivity index (χ1n) is 12.1. The highest BCUT2D eigenvalue weighted by Crippen LogP contribution is 2.63. The molecule has 0 bridgehead atoms. The van der Waals surface area contributed by atoms with Crippen LogP contribution in [-0.2, 0) is 14.3 Å². The number of carbonyl (C=O) groups excluding carboxylic acids is 2. The third kappa shape index (κ3) is 4.51. The van der Waals surface area contributed by atoms with Crippen LogP contribution >= 0.6 is 11.8 Å². The number of carboxylic acid groups (broad SMARTS) is 1. The highest BCUT2D eigenvalue weighted by molar-refractivity contribution is 7.98. The van der Waals surface area contributed by atoms with Gasteiger partial charge in [0.05, 0.1) is 5.41 Å². The van der Waals surface area contributed by atoms with E-state index in [-0.39, 0.29) is 30.4 Å². The average Bonchev–Trinajstić information content (AvgIpc) is 3.28. The van der Waals surface area contributed by atoms with Gasteiger partial charge in [-0.25, -0.2) is 4.79 Å². The Morgan fingerprint density at radius 3 is 2.34 bits per heavy atom. The van der Waals surface area contributed by atoms with Crippen molar-refractivity contribution in [3.05, 3.63) is 59.7 Å². The van der Waals surface area contributed by atoms with E-state index in [2.05, 4.69) is 34.9 Å². The second kappa shape index (κ2) is 9.57. The number of nitrogens with one attached hydrogen (secondary N) is 2. The largest absolute Gasteiger partial charge is 0.481 e. The number of rotatable bonds is 9. The number of aliphatic carboxylic acids is 1. The fourth-order valence-corrected chi connectivity index (χ4v) is 6.33. The van der Waals surface area contributed by atoms with Crippen LogP contribution in [0.5, 0.6) is 0 Å². The average molecular weight is 495 g/mol. The van der Waals surface area contributed by atoms with Gasteiger partial charge in [0.15, 0.2) is 0 Å². The highest BCUT2D eigenvalue weighted by atomic mass is 32.2. The molecule has 3 aliphatic rings. The minimum atomic E-state index is -0.769. The van der Waals surface area contributed by atoms with Crippen molar-refractivity contribution >= 4 is 29.7 Å². The zero-order valence-corrected chi connectivity index (χ0v) is 20.5. The third-order valence-corrected chi connectivity index (χ3v) is 8.39. The van der Waals surface area contributed by atoms with Gasteiger partial charge in [-0.15, -0.1) is 0 Å². The molecule has 0 aromatic heterocycles. The maximum absolute atomic E-state index is 13.0. The Labute approximate surface area is 209 Å². The van der Waals surface area contributed by atoms with Gasteiger partial charge in [-0.3, -0.25) is 9.59 Å². The number of hydrogen-bond donors (Lipinski definition) is 3. The summed E-state index contributed by atoms with van der Waals surface area (Å²) in [6, 6.07) is 15.4. The van der Waals surface area contributed by atoms with Crippen LogP contribution in [0.3, 0.4) is 0 Å². The number of benzene rings is 2. The number of alkyl carbamates (subject to hydrolysis) is 1. The molecule has 7 nitrogen and oxygen atoms in total. The third-order valence-electron chi connectivity index (χ3n) is 7.75. The normalized spacial score (nSPS) is 24.6. The summed E-state index contributed by atoms with van der Waals surface area (Å²) in [4.78, 5) is 37.3. The van der Waals surface area contributed by atoms with Gasteiger partial charge in [0.2, 0.25) is 5.91 Å². The zero-order chi connectivity index (χ0) is 24.6. The standard InChI is InChI=1S/C27H30N2O5S/c1-35-11-10-23(24(30)28-17-12-16-13-27(16,14-17)25(31)32)29-26(33)34-15-22-20-8-4-2-6-18(20)19-7-3-5-9-21(19)22/h2-9,16-17,22-23H,10-15H2,1H3,(H,28,30)(H,29,33)(H,31,32)/t16?,17?,23-,27?/m0/s1. The van der Waals surface area contributed by atoms with E-state index in [1.54, 1.807) is 11.8 Å². The van der Waals surface area contributed by atoms with E-state index in [0.717, 1.165) is 22.3 Å². The molecule has 3 aliphatic carbocycles. The summed E-state index contributed by atoms with van der Waals surface area (Å²) in [6.45, 7) is 0.183. The molecule has 184 valence electrons. The van der Waals surface area contributed by atoms with E-state index < -0.39 is 23.5 Å². The number of fused-ring (bicyclic) bond motifs is 4. The van der Waals surface area contributed by atoms with Crippen molar-refractivity contribution in [1.82, 2.24) is 10.6 Å². The van der Waals surface area contributed by atoms with Crippen LogP contribution in [0.1, 0.15) is 42.7 Å². The molecule has 3 N–H and O–H groups in total. The zero-order valence-electron chi connectivity index (χ0n) is 19.7. The van der Waals surface area contributed by atoms with Crippen LogP contribution in [0.25, 0.3) is 11.1 Å². The SMILES string of the molecule is CSCC[C@H](NC(=O)OCC1c2ccccc2-c2ccccc21)C(=O)NC1CC2CC2(C(=O)O)C1. The molecule has 2 amide bonds. The molecule has 5 rings (SSSR count). The van der Waals surface area contributed by atoms with Crippen molar-refractivity contribution in [2.75, 3.05) is 18.6 Å². The maximum Gasteiger partial charge on any atom is 0.407 e. The summed E-state index contributed by atoms with van der Waals surface area (Å²) in [7, 11) is 0. The fraction of sp³-hybridized carbons (Fsp3) is 0.444. The van der Waals surface area contributed by atoms with Crippen LogP contribution in [0.2, 0.25) is 0 Å². The molecule has 0 radical (unpaired) electrons. The quantitative estimate of drug-likeness (QED) is 0.487. The van der Waals surface area contributed by atoms with Gasteiger partial charge in [0, 0.05) is 12.0 Å². The first-order valence-corrected chi connectivity index (χ1v) is 13.5. The molecule has 0 heterocycles. The number of amides is 2. The molecule has 2 saturated carbocycles. The lowest BCUT2D eigenvalue weighted by Gasteiger charge is -2.22. The summed E-state index contributed by atoms with van der Waals surface area (Å²) in [5.74, 6) is -0.253. The Hall–Kier alpha value is -3.00. The minimum absolute atomic E-state index is 0.0518. The Kier molecular flexibility index (Phi) is 6.49. The van der Waals surface area contributed by atoms with Crippen LogP contribution in [-0.4, -0.2) is 53.8 Å². The molecule has 4 atom stereocenters. The number of thioether (sulfide) groups is 1. The molecule has 0 saturated heterocycles. The van der Waals surface area contributed by atoms with E-state index in [9.17, 15) is 19.5 Å². The summed E-state index contributed by atoms with van der Waals surface area (Å²) in [5.41, 5.74) is 3.91. The summed E-state index contributed by atoms with van der Waals surface area (Å²) in [5, 5.41) is 15.2. The lowest BCUT2D eigenvalue weighted by Crippen LogP contribution is -2.50. The van der Waals surface area contributed by atoms with E-state index in [1.807, 2.05) is 30.5 Å². The molecule has 2 fully saturated rings. The molecule has 8 heteroatoms. The Morgan fingerprint density at radius 1 is 1.09 bits per heavy atom. The molecule has 2 aromatic rings. The Morgan fingerprint density at radius 2 is 1.74 bits per heavy atom. The number of hydrogen-bond acceptors (Lipinski definition) is 5. The van der Waals surface area contributed by atoms with Gasteiger partial charge in [0.25, 0.3) is 0 Å². The monoisotopic (exact) mass is 494 g/mol. The second-order valence-corrected chi connectivity index (χ2v) is 10.8. The van der Waals surface area contributed by atoms with Gasteiger partial charge in [-0.05, 0) is 65.9 Å². The summed E-state index contributed by atoms with van der Waals surface area (Å²) < 4.78 is 5.63. The van der Waals surface area contributed by atoms with E-state index >= 15 is 0 Å². The predicted octanol–water partition coefficient (Wildman–Crippen LogP) is 4.02. The minimum Gasteiger partial charge on any atom is -0.481 e. The topological polar surface area (TPSA) is 105 Å². The van der Waals surface area contributed by atoms with Crippen LogP contribution < -0.4 is 10.6 Å². The molecule has 35 heavy (non-hydrogen) atoms. The van der Waals surface area contributed by atoms with Gasteiger partial charge in [-0.2, -0.15) is 11.8 Å². The molecule has 2 aromatic carbocycles. The summed E-state index contributed by atoms with van der Waals surface area (Å²) >= 11 is 1.60. The van der Waals surface area contributed by atoms with E-state index in [1.165, 1.54) is 0 Å². The van der Waals surface area contributed by atoms with Gasteiger partial charge in [-0.1, -0.05) is 48.5 Å². The first-order chi connectivity index (χ1) is 16.9. The van der Waals surface area contributed by atoms with Crippen molar-refractivity contribution in [3.8, 4) is 11.1 Å². The molecular weight excluding hydrogens is 464 g/mol. The van der Waals surface area contributed by atoms with E-state index in [0.29, 0.717) is 31.4 Å². The number of ether oxygens (including phenoxy) is 1. The van der Waals surface area contributed by atoms with Gasteiger partial charge < -0.3 is 20.5 Å². The molecular formula is C27H30N2O5S. The van der Waals surface area contributed by atoms with Crippen molar-refractivity contribution in [3.63, 3.8) is 0 Å². The van der Waals surface area contributed by atoms with Crippen molar-refractivity contribution in [2.45, 2.75) is 43.7 Å². The maximum atomic E-state index is 13.0. The van der Waals surface area contributed by atoms with E-state index in [4.69, 9.17) is 4.74 Å². The van der Waals surface area contributed by atoms with Crippen molar-refractivity contribution in [2.24, 2.45) is 11.3 Å². The number of carboxylic acids is 1. The van der Waals surface area contributed by atoms with Gasteiger partial charge in [0.1, 0.15) is 12.6 Å². The lowest BCUT2D eigenvalue weighted by molar-refractivity contribution is -0.143. The Balaban J connectivity index is 1.19. The smallest absolute Gasteiger partial charge is 0.407 e. The predicted molar refractivity (Wildman–Crippen MR) is 134 cm³/mol. The molecule has 3 unspecified atom stereocenters. The molecule has 0 spiro atoms. The van der Waals surface area contributed by atoms with Crippen molar-refractivity contribution < 1.29 is 24.2 Å². The van der Waals surface area contributed by atoms with Crippen LogP contribution in [0.15, 0.2) is 48.5 Å². The fourth-order valence-electron chi connectivity index (χ4n) is 5.85.